The summed E-state index contributed by atoms with van der Waals surface area (Å²) < 4.78 is 4.95. The maximum atomic E-state index is 13.0. The highest BCUT2D eigenvalue weighted by molar-refractivity contribution is 6.32. The van der Waals surface area contributed by atoms with Crippen LogP contribution in [0.5, 0.6) is 0 Å². The molecule has 1 atom stereocenters. The van der Waals surface area contributed by atoms with Crippen LogP contribution in [0.15, 0.2) is 48.5 Å². The standard InChI is InChI=1S/C19H20ClN3O5/c1-3-28-17(24)12-22(2)18(13-7-5-4-6-8-13)19(25)21-14-9-10-15(20)16(11-14)23(26)27/h4-11,18H,3,12H2,1-2H3,(H,21,25)/t18-/m1/s1. The number of halogens is 1. The van der Waals surface area contributed by atoms with Gasteiger partial charge in [-0.25, -0.2) is 0 Å². The number of rotatable bonds is 8. The van der Waals surface area contributed by atoms with E-state index in [1.807, 2.05) is 6.07 Å². The highest BCUT2D eigenvalue weighted by Gasteiger charge is 2.27. The second-order valence-electron chi connectivity index (χ2n) is 5.95. The Morgan fingerprint density at radius 3 is 2.54 bits per heavy atom. The van der Waals surface area contributed by atoms with Crippen molar-refractivity contribution in [3.63, 3.8) is 0 Å². The lowest BCUT2D eigenvalue weighted by molar-refractivity contribution is -0.384. The molecule has 0 fully saturated rings. The number of carbonyl (C=O) groups is 2. The molecule has 8 nitrogen and oxygen atoms in total. The van der Waals surface area contributed by atoms with Crippen molar-refractivity contribution in [3.05, 3.63) is 69.2 Å². The number of nitrogens with one attached hydrogen (secondary N) is 1. The van der Waals surface area contributed by atoms with E-state index in [0.29, 0.717) is 5.56 Å². The molecule has 2 aromatic carbocycles. The van der Waals surface area contributed by atoms with Crippen molar-refractivity contribution in [3.8, 4) is 0 Å². The molecule has 2 rings (SSSR count). The Labute approximate surface area is 167 Å². The van der Waals surface area contributed by atoms with Crippen LogP contribution < -0.4 is 5.32 Å². The van der Waals surface area contributed by atoms with E-state index in [1.165, 1.54) is 18.2 Å². The number of nitro benzene ring substituents is 1. The van der Waals surface area contributed by atoms with Crippen LogP contribution in [0, 0.1) is 10.1 Å². The lowest BCUT2D eigenvalue weighted by atomic mass is 10.0. The van der Waals surface area contributed by atoms with Crippen molar-refractivity contribution >= 4 is 34.9 Å². The van der Waals surface area contributed by atoms with Crippen LogP contribution in [-0.4, -0.2) is 41.9 Å². The molecular formula is C19H20ClN3O5. The molecule has 0 aliphatic heterocycles. The summed E-state index contributed by atoms with van der Waals surface area (Å²) >= 11 is 5.81. The minimum atomic E-state index is -0.805. The third-order valence-electron chi connectivity index (χ3n) is 3.90. The van der Waals surface area contributed by atoms with Crippen LogP contribution in [0.2, 0.25) is 5.02 Å². The van der Waals surface area contributed by atoms with Crippen molar-refractivity contribution in [2.75, 3.05) is 25.5 Å². The second-order valence-corrected chi connectivity index (χ2v) is 6.35. The molecule has 148 valence electrons. The van der Waals surface area contributed by atoms with Crippen LogP contribution >= 0.6 is 11.6 Å². The van der Waals surface area contributed by atoms with Gasteiger partial charge in [0.15, 0.2) is 0 Å². The van der Waals surface area contributed by atoms with Crippen molar-refractivity contribution in [2.45, 2.75) is 13.0 Å². The molecule has 0 saturated heterocycles. The van der Waals surface area contributed by atoms with E-state index in [9.17, 15) is 19.7 Å². The van der Waals surface area contributed by atoms with Gasteiger partial charge in [0.2, 0.25) is 5.91 Å². The molecule has 0 aliphatic rings. The van der Waals surface area contributed by atoms with E-state index < -0.39 is 22.8 Å². The molecule has 1 N–H and O–H groups in total. The normalized spacial score (nSPS) is 11.7. The molecule has 0 aliphatic carbocycles. The summed E-state index contributed by atoms with van der Waals surface area (Å²) in [4.78, 5) is 36.8. The van der Waals surface area contributed by atoms with Crippen LogP contribution in [0.25, 0.3) is 0 Å². The third kappa shape index (κ3) is 5.51. The summed E-state index contributed by atoms with van der Waals surface area (Å²) in [7, 11) is 1.62. The number of hydrogen-bond acceptors (Lipinski definition) is 6. The fourth-order valence-corrected chi connectivity index (χ4v) is 2.87. The Bertz CT molecular complexity index is 860. The van der Waals surface area contributed by atoms with Gasteiger partial charge >= 0.3 is 5.97 Å². The van der Waals surface area contributed by atoms with Gasteiger partial charge in [0.05, 0.1) is 18.1 Å². The van der Waals surface area contributed by atoms with Gasteiger partial charge in [-0.05, 0) is 31.7 Å². The van der Waals surface area contributed by atoms with E-state index in [-0.39, 0.29) is 29.5 Å². The van der Waals surface area contributed by atoms with Gasteiger partial charge in [0.1, 0.15) is 11.1 Å². The average molecular weight is 406 g/mol. The Kier molecular flexibility index (Phi) is 7.48. The van der Waals surface area contributed by atoms with Gasteiger partial charge in [-0.15, -0.1) is 0 Å². The number of hydrogen-bond donors (Lipinski definition) is 1. The van der Waals surface area contributed by atoms with Gasteiger partial charge in [-0.3, -0.25) is 24.6 Å². The van der Waals surface area contributed by atoms with E-state index in [4.69, 9.17) is 16.3 Å². The number of carbonyl (C=O) groups excluding carboxylic acids is 2. The zero-order valence-corrected chi connectivity index (χ0v) is 16.2. The quantitative estimate of drug-likeness (QED) is 0.410. The van der Waals surface area contributed by atoms with Crippen molar-refractivity contribution in [2.24, 2.45) is 0 Å². The monoisotopic (exact) mass is 405 g/mol. The minimum Gasteiger partial charge on any atom is -0.465 e. The molecule has 9 heteroatoms. The van der Waals surface area contributed by atoms with E-state index in [2.05, 4.69) is 5.32 Å². The summed E-state index contributed by atoms with van der Waals surface area (Å²) in [5.41, 5.74) is 0.581. The number of esters is 1. The number of nitro groups is 1. The maximum absolute atomic E-state index is 13.0. The molecule has 0 spiro atoms. The molecular weight excluding hydrogens is 386 g/mol. The van der Waals surface area contributed by atoms with Gasteiger partial charge in [0, 0.05) is 11.8 Å². The number of benzene rings is 2. The van der Waals surface area contributed by atoms with Gasteiger partial charge in [-0.2, -0.15) is 0 Å². The third-order valence-corrected chi connectivity index (χ3v) is 4.22. The van der Waals surface area contributed by atoms with Crippen LogP contribution in [0.3, 0.4) is 0 Å². The summed E-state index contributed by atoms with van der Waals surface area (Å²) in [6.45, 7) is 1.84. The Hall–Kier alpha value is -2.97. The highest BCUT2D eigenvalue weighted by Crippen LogP contribution is 2.28. The topological polar surface area (TPSA) is 102 Å². The van der Waals surface area contributed by atoms with E-state index in [0.717, 1.165) is 0 Å². The Morgan fingerprint density at radius 2 is 1.93 bits per heavy atom. The maximum Gasteiger partial charge on any atom is 0.320 e. The SMILES string of the molecule is CCOC(=O)CN(C)[C@@H](C(=O)Nc1ccc(Cl)c([N+](=O)[O-])c1)c1ccccc1. The highest BCUT2D eigenvalue weighted by atomic mass is 35.5. The second kappa shape index (κ2) is 9.82. The first-order valence-electron chi connectivity index (χ1n) is 8.49. The molecule has 0 heterocycles. The predicted octanol–water partition coefficient (Wildman–Crippen LogP) is 3.42. The molecule has 0 radical (unpaired) electrons. The summed E-state index contributed by atoms with van der Waals surface area (Å²) in [5.74, 6) is -0.907. The molecule has 0 bridgehead atoms. The van der Waals surface area contributed by atoms with Crippen molar-refractivity contribution in [1.82, 2.24) is 4.90 Å². The minimum absolute atomic E-state index is 0.0259. The zero-order chi connectivity index (χ0) is 20.7. The average Bonchev–Trinajstić information content (AvgIpc) is 2.64. The molecule has 28 heavy (non-hydrogen) atoms. The number of amides is 1. The van der Waals surface area contributed by atoms with E-state index >= 15 is 0 Å². The first kappa shape index (κ1) is 21.3. The number of ether oxygens (including phenoxy) is 1. The number of likely N-dealkylation sites (N-methyl/N-ethyl adjacent to an activating group) is 1. The van der Waals surface area contributed by atoms with Gasteiger partial charge in [0.25, 0.3) is 5.69 Å². The molecule has 1 amide bonds. The summed E-state index contributed by atoms with van der Waals surface area (Å²) in [6, 6.07) is 12.1. The zero-order valence-electron chi connectivity index (χ0n) is 15.4. The number of anilines is 1. The van der Waals surface area contributed by atoms with Crippen LogP contribution in [-0.2, 0) is 14.3 Å². The Morgan fingerprint density at radius 1 is 1.25 bits per heavy atom. The first-order chi connectivity index (χ1) is 13.3. The first-order valence-corrected chi connectivity index (χ1v) is 8.87. The molecule has 0 aromatic heterocycles. The van der Waals surface area contributed by atoms with Gasteiger partial charge in [-0.1, -0.05) is 41.9 Å². The van der Waals surface area contributed by atoms with Crippen molar-refractivity contribution < 1.29 is 19.2 Å². The fourth-order valence-electron chi connectivity index (χ4n) is 2.68. The number of nitrogens with zero attached hydrogens (tertiary/aromatic N) is 2. The molecule has 2 aromatic rings. The molecule has 0 unspecified atom stereocenters. The predicted molar refractivity (Wildman–Crippen MR) is 105 cm³/mol. The smallest absolute Gasteiger partial charge is 0.320 e. The lowest BCUT2D eigenvalue weighted by Gasteiger charge is -2.26. The Balaban J connectivity index is 2.28. The van der Waals surface area contributed by atoms with Crippen molar-refractivity contribution in [1.29, 1.82) is 0 Å². The fraction of sp³-hybridized carbons (Fsp3) is 0.263. The van der Waals surface area contributed by atoms with Crippen LogP contribution in [0.4, 0.5) is 11.4 Å². The molecule has 0 saturated carbocycles. The summed E-state index contributed by atoms with van der Waals surface area (Å²) in [6.07, 6.45) is 0. The van der Waals surface area contributed by atoms with E-state index in [1.54, 1.807) is 43.1 Å². The van der Waals surface area contributed by atoms with Crippen LogP contribution in [0.1, 0.15) is 18.5 Å². The summed E-state index contributed by atoms with van der Waals surface area (Å²) in [5, 5.41) is 13.7. The lowest BCUT2D eigenvalue weighted by Crippen LogP contribution is -2.38. The van der Waals surface area contributed by atoms with Gasteiger partial charge < -0.3 is 10.1 Å². The largest absolute Gasteiger partial charge is 0.465 e.